The summed E-state index contributed by atoms with van der Waals surface area (Å²) >= 11 is 1.11. The minimum Gasteiger partial charge on any atom is -0.456 e. The number of aromatic nitrogens is 2. The van der Waals surface area contributed by atoms with Crippen LogP contribution in [0.4, 0.5) is 19.0 Å². The van der Waals surface area contributed by atoms with Crippen molar-refractivity contribution in [3.05, 3.63) is 63.6 Å². The van der Waals surface area contributed by atoms with Gasteiger partial charge in [-0.2, -0.15) is 26.3 Å². The summed E-state index contributed by atoms with van der Waals surface area (Å²) in [6.45, 7) is 0. The molecule has 0 aliphatic heterocycles. The van der Waals surface area contributed by atoms with E-state index in [9.17, 15) is 31.5 Å². The molecule has 3 atom stereocenters. The number of carbonyl (C=O) groups is 1. The number of aliphatic hydroxyl groups is 1. The van der Waals surface area contributed by atoms with Gasteiger partial charge < -0.3 is 14.8 Å². The van der Waals surface area contributed by atoms with Gasteiger partial charge in [0.2, 0.25) is 11.5 Å². The van der Waals surface area contributed by atoms with Crippen molar-refractivity contribution in [2.45, 2.75) is 43.7 Å². The molecule has 0 saturated heterocycles. The van der Waals surface area contributed by atoms with Gasteiger partial charge in [-0.25, -0.2) is 9.97 Å². The molecule has 10 nitrogen and oxygen atoms in total. The van der Waals surface area contributed by atoms with Gasteiger partial charge in [0.15, 0.2) is 0 Å². The number of halogens is 3. The van der Waals surface area contributed by atoms with Gasteiger partial charge >= 0.3 is 16.5 Å². The van der Waals surface area contributed by atoms with Crippen molar-refractivity contribution in [3.63, 3.8) is 0 Å². The van der Waals surface area contributed by atoms with Crippen molar-refractivity contribution in [2.24, 2.45) is 0 Å². The number of nitrogens with one attached hydrogen (secondary N) is 2. The van der Waals surface area contributed by atoms with E-state index in [2.05, 4.69) is 15.3 Å². The smallest absolute Gasteiger partial charge is 0.449 e. The summed E-state index contributed by atoms with van der Waals surface area (Å²) in [5, 5.41) is 14.9. The number of nitrogens with zero attached hydrogens (tertiary/aromatic N) is 2. The lowest BCUT2D eigenvalue weighted by Crippen LogP contribution is -2.31. The quantitative estimate of drug-likeness (QED) is 0.345. The van der Waals surface area contributed by atoms with E-state index in [0.717, 1.165) is 17.4 Å². The molecule has 0 radical (unpaired) electrons. The maximum atomic E-state index is 13.2. The highest BCUT2D eigenvalue weighted by atomic mass is 32.2. The third-order valence-corrected chi connectivity index (χ3v) is 7.45. The molecule has 0 spiro atoms. The molecular weight excluding hydrogens is 525 g/mol. The molecule has 1 saturated carbocycles. The number of furan rings is 1. The lowest BCUT2D eigenvalue weighted by Gasteiger charge is -2.15. The topological polar surface area (TPSA) is 144 Å². The van der Waals surface area contributed by atoms with E-state index in [-0.39, 0.29) is 36.4 Å². The standard InChI is InChI=1S/C21H21F3N4O6S2/c1-25-36(31,32)34-16-7-12(6-15(16)29)28-20-14(8-26-10-27-20)19(30)17-5-11(9-35-17)4-13-2-3-18(33-13)21(22,23)24/h2-3,5,8-10,12,15-16,25,29H,4,6-7H2,1H3,(H,26,27,28)/t12-,15+,16-/m1/s1. The number of thiophene rings is 1. The van der Waals surface area contributed by atoms with Gasteiger partial charge in [-0.1, -0.05) is 0 Å². The van der Waals surface area contributed by atoms with E-state index in [4.69, 9.17) is 8.60 Å². The van der Waals surface area contributed by atoms with E-state index in [0.29, 0.717) is 10.4 Å². The molecule has 1 aliphatic rings. The van der Waals surface area contributed by atoms with E-state index in [1.54, 1.807) is 11.4 Å². The van der Waals surface area contributed by atoms with Gasteiger partial charge in [0.1, 0.15) is 24.0 Å². The van der Waals surface area contributed by atoms with Gasteiger partial charge in [0.25, 0.3) is 0 Å². The highest BCUT2D eigenvalue weighted by molar-refractivity contribution is 7.84. The summed E-state index contributed by atoms with van der Waals surface area (Å²) in [5.41, 5.74) is 0.743. The Hall–Kier alpha value is -2.85. The molecule has 4 rings (SSSR count). The molecule has 0 aromatic carbocycles. The second kappa shape index (κ2) is 10.3. The first-order valence-corrected chi connectivity index (χ1v) is 12.9. The van der Waals surface area contributed by atoms with Crippen LogP contribution in [0, 0.1) is 0 Å². The van der Waals surface area contributed by atoms with Crippen LogP contribution in [0.1, 0.15) is 45.2 Å². The Bertz CT molecular complexity index is 1340. The fourth-order valence-electron chi connectivity index (χ4n) is 3.76. The summed E-state index contributed by atoms with van der Waals surface area (Å²) in [4.78, 5) is 21.5. The monoisotopic (exact) mass is 546 g/mol. The van der Waals surface area contributed by atoms with Crippen molar-refractivity contribution in [1.29, 1.82) is 0 Å². The molecule has 194 valence electrons. The number of hydrogen-bond donors (Lipinski definition) is 3. The Balaban J connectivity index is 1.45. The second-order valence-electron chi connectivity index (χ2n) is 8.05. The van der Waals surface area contributed by atoms with Crippen LogP contribution in [0.25, 0.3) is 0 Å². The van der Waals surface area contributed by atoms with Crippen LogP contribution in [-0.4, -0.2) is 54.6 Å². The van der Waals surface area contributed by atoms with Crippen molar-refractivity contribution in [2.75, 3.05) is 12.4 Å². The average Bonchev–Trinajstić information content (AvgIpc) is 3.55. The van der Waals surface area contributed by atoms with E-state index in [1.165, 1.54) is 25.6 Å². The van der Waals surface area contributed by atoms with Crippen LogP contribution in [0.5, 0.6) is 0 Å². The molecular formula is C21H21F3N4O6S2. The molecule has 36 heavy (non-hydrogen) atoms. The largest absolute Gasteiger partial charge is 0.456 e. The SMILES string of the molecule is CNS(=O)(=O)O[C@@H]1C[C@H](Nc2ncncc2C(=O)c2cc(Cc3ccc(C(F)(F)F)o3)cs2)C[C@@H]1O. The summed E-state index contributed by atoms with van der Waals surface area (Å²) in [5.74, 6) is -1.19. The van der Waals surface area contributed by atoms with E-state index in [1.807, 2.05) is 4.72 Å². The van der Waals surface area contributed by atoms with Crippen molar-refractivity contribution in [3.8, 4) is 0 Å². The second-order valence-corrected chi connectivity index (χ2v) is 10.5. The fraction of sp³-hybridized carbons (Fsp3) is 0.381. The zero-order valence-electron chi connectivity index (χ0n) is 18.7. The van der Waals surface area contributed by atoms with Crippen LogP contribution in [-0.2, 0) is 27.1 Å². The van der Waals surface area contributed by atoms with Crippen LogP contribution in [0.3, 0.4) is 0 Å². The van der Waals surface area contributed by atoms with Gasteiger partial charge in [0, 0.05) is 25.7 Å². The predicted molar refractivity (Wildman–Crippen MR) is 122 cm³/mol. The minimum absolute atomic E-state index is 0.0765. The lowest BCUT2D eigenvalue weighted by molar-refractivity contribution is -0.153. The first-order chi connectivity index (χ1) is 16.9. The van der Waals surface area contributed by atoms with Crippen molar-refractivity contribution in [1.82, 2.24) is 14.7 Å². The molecule has 3 aromatic rings. The molecule has 0 unspecified atom stereocenters. The van der Waals surface area contributed by atoms with Crippen LogP contribution in [0.2, 0.25) is 0 Å². The summed E-state index contributed by atoms with van der Waals surface area (Å²) in [6, 6.07) is 3.23. The molecule has 3 heterocycles. The molecule has 1 fully saturated rings. The zero-order valence-corrected chi connectivity index (χ0v) is 20.3. The lowest BCUT2D eigenvalue weighted by atomic mass is 10.1. The van der Waals surface area contributed by atoms with E-state index < -0.39 is 46.3 Å². The van der Waals surface area contributed by atoms with Gasteiger partial charge in [0.05, 0.1) is 16.5 Å². The Labute approximate surface area is 207 Å². The number of aliphatic hydroxyl groups excluding tert-OH is 1. The van der Waals surface area contributed by atoms with Gasteiger partial charge in [-0.05, 0) is 42.0 Å². The van der Waals surface area contributed by atoms with Gasteiger partial charge in [-0.3, -0.25) is 8.98 Å². The number of rotatable bonds is 9. The Kier molecular flexibility index (Phi) is 7.47. The first kappa shape index (κ1) is 26.2. The summed E-state index contributed by atoms with van der Waals surface area (Å²) in [7, 11) is -2.80. The van der Waals surface area contributed by atoms with Crippen LogP contribution in [0.15, 0.2) is 40.5 Å². The minimum atomic E-state index is -4.58. The number of hydrogen-bond acceptors (Lipinski definition) is 10. The summed E-state index contributed by atoms with van der Waals surface area (Å²) in [6.07, 6.45) is -3.66. The average molecular weight is 547 g/mol. The molecule has 0 amide bonds. The third-order valence-electron chi connectivity index (χ3n) is 5.47. The number of anilines is 1. The predicted octanol–water partition coefficient (Wildman–Crippen LogP) is 2.76. The number of alkyl halides is 3. The number of ketones is 1. The highest BCUT2D eigenvalue weighted by Crippen LogP contribution is 2.32. The van der Waals surface area contributed by atoms with Crippen molar-refractivity contribution < 1.29 is 40.1 Å². The molecule has 15 heteroatoms. The van der Waals surface area contributed by atoms with Gasteiger partial charge in [-0.15, -0.1) is 11.3 Å². The maximum Gasteiger partial charge on any atom is 0.449 e. The Morgan fingerprint density at radius 2 is 2.11 bits per heavy atom. The molecule has 0 bridgehead atoms. The highest BCUT2D eigenvalue weighted by Gasteiger charge is 2.37. The van der Waals surface area contributed by atoms with Crippen molar-refractivity contribution >= 4 is 33.2 Å². The Morgan fingerprint density at radius 1 is 1.33 bits per heavy atom. The molecule has 3 aromatic heterocycles. The third kappa shape index (κ3) is 6.10. The maximum absolute atomic E-state index is 13.2. The summed E-state index contributed by atoms with van der Waals surface area (Å²) < 4.78 is 73.3. The van der Waals surface area contributed by atoms with E-state index >= 15 is 0 Å². The van der Waals surface area contributed by atoms with Crippen LogP contribution >= 0.6 is 11.3 Å². The molecule has 1 aliphatic carbocycles. The van der Waals surface area contributed by atoms with Crippen LogP contribution < -0.4 is 10.0 Å². The Morgan fingerprint density at radius 3 is 2.81 bits per heavy atom. The fourth-order valence-corrected chi connectivity index (χ4v) is 5.25. The normalized spacial score (nSPS) is 20.5. The zero-order chi connectivity index (χ0) is 26.1. The molecule has 3 N–H and O–H groups in total. The number of carbonyl (C=O) groups excluding carboxylic acids is 1. The first-order valence-electron chi connectivity index (χ1n) is 10.6.